The molecule has 3 aromatic rings. The molecule has 1 saturated heterocycles. The average Bonchev–Trinajstić information content (AvgIpc) is 3.14. The lowest BCUT2D eigenvalue weighted by Gasteiger charge is -2.51. The lowest BCUT2D eigenvalue weighted by atomic mass is 9.47. The highest BCUT2D eigenvalue weighted by atomic mass is 16.6. The van der Waals surface area contributed by atoms with Crippen LogP contribution in [0.5, 0.6) is 5.75 Å². The molecular weight excluding hydrogens is 464 g/mol. The third kappa shape index (κ3) is 2.51. The van der Waals surface area contributed by atoms with E-state index in [9.17, 15) is 29.6 Å². The molecule has 2 amide bonds. The predicted octanol–water partition coefficient (Wildman–Crippen LogP) is 3.63. The molecular formula is C27H20N2O7. The SMILES string of the molecule is CCOc1ccc(N2C(=O)[C@H]3C4c5ccccc5C(C(=O)O)(c5ccccc54)[C@H]3C2=O)c([N+](=O)[O-])c1. The minimum atomic E-state index is -1.80. The second kappa shape index (κ2) is 7.48. The summed E-state index contributed by atoms with van der Waals surface area (Å²) in [5, 5.41) is 22.7. The number of imide groups is 1. The van der Waals surface area contributed by atoms with Crippen molar-refractivity contribution in [1.29, 1.82) is 0 Å². The summed E-state index contributed by atoms with van der Waals surface area (Å²) in [6.07, 6.45) is 0. The van der Waals surface area contributed by atoms with E-state index in [2.05, 4.69) is 0 Å². The number of ether oxygens (including phenoxy) is 1. The summed E-state index contributed by atoms with van der Waals surface area (Å²) in [4.78, 5) is 53.3. The van der Waals surface area contributed by atoms with Gasteiger partial charge in [-0.15, -0.1) is 0 Å². The van der Waals surface area contributed by atoms with Gasteiger partial charge >= 0.3 is 5.97 Å². The fraction of sp³-hybridized carbons (Fsp3) is 0.222. The minimum Gasteiger partial charge on any atom is -0.494 e. The fourth-order valence-electron chi connectivity index (χ4n) is 6.47. The Balaban J connectivity index is 1.61. The average molecular weight is 484 g/mol. The molecule has 3 aliphatic carbocycles. The molecule has 0 spiro atoms. The monoisotopic (exact) mass is 484 g/mol. The van der Waals surface area contributed by atoms with Crippen LogP contribution in [0.3, 0.4) is 0 Å². The first kappa shape index (κ1) is 22.0. The van der Waals surface area contributed by atoms with E-state index in [1.807, 2.05) is 0 Å². The number of carboxylic acids is 1. The summed E-state index contributed by atoms with van der Waals surface area (Å²) < 4.78 is 5.37. The number of amides is 2. The molecule has 2 atom stereocenters. The number of hydrogen-bond donors (Lipinski definition) is 1. The topological polar surface area (TPSA) is 127 Å². The molecule has 0 aromatic heterocycles. The van der Waals surface area contributed by atoms with Crippen molar-refractivity contribution in [2.75, 3.05) is 11.5 Å². The molecule has 0 unspecified atom stereocenters. The number of hydrogen-bond acceptors (Lipinski definition) is 6. The first-order chi connectivity index (χ1) is 17.3. The largest absolute Gasteiger partial charge is 0.494 e. The number of nitrogens with zero attached hydrogens (tertiary/aromatic N) is 2. The van der Waals surface area contributed by atoms with Crippen molar-refractivity contribution >= 4 is 29.2 Å². The van der Waals surface area contributed by atoms with Crippen molar-refractivity contribution in [1.82, 2.24) is 0 Å². The molecule has 2 bridgehead atoms. The van der Waals surface area contributed by atoms with Crippen molar-refractivity contribution in [2.45, 2.75) is 18.3 Å². The second-order valence-corrected chi connectivity index (χ2v) is 9.12. The maximum absolute atomic E-state index is 14.0. The fourth-order valence-corrected chi connectivity index (χ4v) is 6.47. The number of nitro groups is 1. The molecule has 1 aliphatic heterocycles. The van der Waals surface area contributed by atoms with E-state index in [1.54, 1.807) is 55.5 Å². The first-order valence-electron chi connectivity index (χ1n) is 11.5. The summed E-state index contributed by atoms with van der Waals surface area (Å²) in [7, 11) is 0. The molecule has 0 radical (unpaired) electrons. The quantitative estimate of drug-likeness (QED) is 0.333. The van der Waals surface area contributed by atoms with Gasteiger partial charge in [-0.05, 0) is 41.3 Å². The second-order valence-electron chi connectivity index (χ2n) is 9.12. The Morgan fingerprint density at radius 2 is 1.64 bits per heavy atom. The van der Waals surface area contributed by atoms with Gasteiger partial charge in [0.05, 0.1) is 29.4 Å². The van der Waals surface area contributed by atoms with Crippen LogP contribution in [0.15, 0.2) is 66.7 Å². The van der Waals surface area contributed by atoms with Gasteiger partial charge in [-0.3, -0.25) is 24.5 Å². The van der Waals surface area contributed by atoms with Crippen LogP contribution in [-0.4, -0.2) is 34.4 Å². The van der Waals surface area contributed by atoms with Crippen LogP contribution in [-0.2, 0) is 19.8 Å². The highest BCUT2D eigenvalue weighted by Gasteiger charge is 2.71. The Hall–Kier alpha value is -4.53. The van der Waals surface area contributed by atoms with Gasteiger partial charge in [0.25, 0.3) is 5.69 Å². The van der Waals surface area contributed by atoms with Gasteiger partial charge < -0.3 is 9.84 Å². The van der Waals surface area contributed by atoms with Gasteiger partial charge in [-0.1, -0.05) is 48.5 Å². The number of carboxylic acid groups (broad SMARTS) is 1. The Morgan fingerprint density at radius 3 is 2.19 bits per heavy atom. The predicted molar refractivity (Wildman–Crippen MR) is 127 cm³/mol. The number of anilines is 1. The third-order valence-corrected chi connectivity index (χ3v) is 7.65. The van der Waals surface area contributed by atoms with Crippen molar-refractivity contribution in [3.8, 4) is 5.75 Å². The molecule has 180 valence electrons. The number of benzene rings is 3. The number of carbonyl (C=O) groups is 3. The molecule has 1 fully saturated rings. The van der Waals surface area contributed by atoms with E-state index in [-0.39, 0.29) is 18.0 Å². The summed E-state index contributed by atoms with van der Waals surface area (Å²) in [6.45, 7) is 2.01. The molecule has 9 heteroatoms. The Labute approximate surface area is 205 Å². The highest BCUT2D eigenvalue weighted by Crippen LogP contribution is 2.64. The van der Waals surface area contributed by atoms with Crippen LogP contribution in [0.25, 0.3) is 0 Å². The number of aliphatic carboxylic acids is 1. The van der Waals surface area contributed by atoms with Crippen LogP contribution >= 0.6 is 0 Å². The standard InChI is InChI=1S/C27H20N2O7/c1-2-36-14-11-12-19(20(13-14)29(34)35)28-24(30)22-21-15-7-3-5-9-17(15)27(26(32)33,23(22)25(28)31)18-10-6-4-8-16(18)21/h3-13,21-23H,2H2,1H3,(H,32,33)/t21?,22-,23+,27?/m0/s1. The van der Waals surface area contributed by atoms with Crippen LogP contribution in [0.1, 0.15) is 35.1 Å². The van der Waals surface area contributed by atoms with Gasteiger partial charge in [0.1, 0.15) is 16.9 Å². The van der Waals surface area contributed by atoms with Gasteiger partial charge in [0, 0.05) is 5.92 Å². The van der Waals surface area contributed by atoms with Crippen molar-refractivity contribution < 1.29 is 29.2 Å². The molecule has 4 aliphatic rings. The summed E-state index contributed by atoms with van der Waals surface area (Å²) in [5.41, 5.74) is -0.131. The van der Waals surface area contributed by atoms with E-state index in [1.165, 1.54) is 18.2 Å². The van der Waals surface area contributed by atoms with Crippen LogP contribution < -0.4 is 9.64 Å². The van der Waals surface area contributed by atoms with E-state index in [0.717, 1.165) is 4.90 Å². The molecule has 0 saturated carbocycles. The Morgan fingerprint density at radius 1 is 1.03 bits per heavy atom. The molecule has 1 heterocycles. The highest BCUT2D eigenvalue weighted by molar-refractivity contribution is 6.26. The first-order valence-corrected chi connectivity index (χ1v) is 11.5. The van der Waals surface area contributed by atoms with Crippen LogP contribution in [0.4, 0.5) is 11.4 Å². The number of rotatable bonds is 5. The minimum absolute atomic E-state index is 0.194. The van der Waals surface area contributed by atoms with E-state index < -0.39 is 51.6 Å². The van der Waals surface area contributed by atoms with Gasteiger partial charge in [0.15, 0.2) is 0 Å². The van der Waals surface area contributed by atoms with Crippen LogP contribution in [0.2, 0.25) is 0 Å². The van der Waals surface area contributed by atoms with E-state index in [0.29, 0.717) is 22.3 Å². The molecule has 36 heavy (non-hydrogen) atoms. The van der Waals surface area contributed by atoms with E-state index in [4.69, 9.17) is 4.74 Å². The Bertz CT molecular complexity index is 1450. The number of carbonyl (C=O) groups excluding carboxylic acids is 2. The molecule has 9 nitrogen and oxygen atoms in total. The zero-order valence-electron chi connectivity index (χ0n) is 19.1. The van der Waals surface area contributed by atoms with Gasteiger partial charge in [-0.25, -0.2) is 4.90 Å². The summed E-state index contributed by atoms with van der Waals surface area (Å²) in [6, 6.07) is 17.9. The lowest BCUT2D eigenvalue weighted by molar-refractivity contribution is -0.384. The summed E-state index contributed by atoms with van der Waals surface area (Å²) >= 11 is 0. The Kier molecular flexibility index (Phi) is 4.57. The zero-order chi connectivity index (χ0) is 25.4. The maximum atomic E-state index is 14.0. The van der Waals surface area contributed by atoms with Crippen molar-refractivity contribution in [2.24, 2.45) is 11.8 Å². The van der Waals surface area contributed by atoms with Crippen LogP contribution in [0, 0.1) is 22.0 Å². The lowest BCUT2D eigenvalue weighted by Crippen LogP contribution is -2.57. The van der Waals surface area contributed by atoms with E-state index >= 15 is 0 Å². The maximum Gasteiger partial charge on any atom is 0.319 e. The van der Waals surface area contributed by atoms with Gasteiger partial charge in [0.2, 0.25) is 11.8 Å². The smallest absolute Gasteiger partial charge is 0.319 e. The van der Waals surface area contributed by atoms with Crippen molar-refractivity contribution in [3.05, 3.63) is 99.1 Å². The zero-order valence-corrected chi connectivity index (χ0v) is 19.1. The normalized spacial score (nSPS) is 25.2. The summed E-state index contributed by atoms with van der Waals surface area (Å²) in [5.74, 6) is -5.21. The molecule has 7 rings (SSSR count). The third-order valence-electron chi connectivity index (χ3n) is 7.65. The molecule has 3 aromatic carbocycles. The van der Waals surface area contributed by atoms with Gasteiger partial charge in [-0.2, -0.15) is 0 Å². The van der Waals surface area contributed by atoms with Crippen molar-refractivity contribution in [3.63, 3.8) is 0 Å². The number of nitro benzene ring substituents is 1. The molecule has 1 N–H and O–H groups in total.